The summed E-state index contributed by atoms with van der Waals surface area (Å²) >= 11 is 0. The Labute approximate surface area is 152 Å². The first-order valence-corrected chi connectivity index (χ1v) is 9.47. The zero-order valence-corrected chi connectivity index (χ0v) is 14.8. The molecule has 8 heteroatoms. The highest BCUT2D eigenvalue weighted by atomic mass is 32.2. The lowest BCUT2D eigenvalue weighted by molar-refractivity contribution is -0.116. The smallest absolute Gasteiger partial charge is 0.232 e. The fourth-order valence-corrected chi connectivity index (χ4v) is 3.22. The van der Waals surface area contributed by atoms with Crippen molar-refractivity contribution in [3.63, 3.8) is 0 Å². The van der Waals surface area contributed by atoms with Gasteiger partial charge in [-0.05, 0) is 36.4 Å². The van der Waals surface area contributed by atoms with E-state index in [1.165, 1.54) is 24.3 Å². The van der Waals surface area contributed by atoms with E-state index in [4.69, 9.17) is 10.5 Å². The van der Waals surface area contributed by atoms with E-state index in [1.807, 2.05) is 12.1 Å². The molecule has 0 saturated carbocycles. The lowest BCUT2D eigenvalue weighted by Crippen LogP contribution is -2.33. The van der Waals surface area contributed by atoms with Gasteiger partial charge in [-0.25, -0.2) is 8.42 Å². The van der Waals surface area contributed by atoms with E-state index in [2.05, 4.69) is 5.32 Å². The normalized spacial score (nSPS) is 10.4. The number of amides is 1. The number of nitriles is 2. The Bertz CT molecular complexity index is 986. The van der Waals surface area contributed by atoms with E-state index in [0.29, 0.717) is 22.5 Å². The van der Waals surface area contributed by atoms with Crippen LogP contribution in [0.5, 0.6) is 0 Å². The van der Waals surface area contributed by atoms with E-state index in [-0.39, 0.29) is 13.0 Å². The Kier molecular flexibility index (Phi) is 5.94. The number of rotatable bonds is 6. The summed E-state index contributed by atoms with van der Waals surface area (Å²) in [5, 5.41) is 20.5. The lowest BCUT2D eigenvalue weighted by atomic mass is 10.2. The van der Waals surface area contributed by atoms with Crippen LogP contribution in [-0.4, -0.2) is 27.1 Å². The van der Waals surface area contributed by atoms with E-state index in [1.54, 1.807) is 24.3 Å². The van der Waals surface area contributed by atoms with Gasteiger partial charge in [-0.15, -0.1) is 0 Å². The van der Waals surface area contributed by atoms with Gasteiger partial charge >= 0.3 is 0 Å². The van der Waals surface area contributed by atoms with Crippen LogP contribution in [0.3, 0.4) is 0 Å². The summed E-state index contributed by atoms with van der Waals surface area (Å²) in [6.07, 6.45) is 0.959. The number of sulfonamides is 1. The van der Waals surface area contributed by atoms with Crippen molar-refractivity contribution in [2.75, 3.05) is 22.4 Å². The molecule has 2 aromatic carbocycles. The van der Waals surface area contributed by atoms with Crippen molar-refractivity contribution >= 4 is 27.3 Å². The molecule has 0 aromatic heterocycles. The molecule has 0 unspecified atom stereocenters. The molecule has 2 aromatic rings. The fourth-order valence-electron chi connectivity index (χ4n) is 2.29. The van der Waals surface area contributed by atoms with Crippen molar-refractivity contribution < 1.29 is 13.2 Å². The molecular formula is C18H16N4O3S. The number of carbonyl (C=O) groups excluding carboxylic acids is 1. The standard InChI is InChI=1S/C18H16N4O3S/c1-26(24,25)22(16-8-6-14(12-19)7-9-16)11-10-18(23)21-17-5-3-2-4-15(17)13-20/h2-9H,10-11H2,1H3,(H,21,23). The van der Waals surface area contributed by atoms with Crippen LogP contribution >= 0.6 is 0 Å². The monoisotopic (exact) mass is 368 g/mol. The first-order valence-electron chi connectivity index (χ1n) is 7.62. The van der Waals surface area contributed by atoms with E-state index in [0.717, 1.165) is 10.6 Å². The number of nitrogens with one attached hydrogen (secondary N) is 1. The van der Waals surface area contributed by atoms with Gasteiger partial charge in [-0.2, -0.15) is 10.5 Å². The molecule has 1 N–H and O–H groups in total. The minimum absolute atomic E-state index is 0.0642. The summed E-state index contributed by atoms with van der Waals surface area (Å²) in [6, 6.07) is 16.6. The maximum absolute atomic E-state index is 12.2. The third-order valence-electron chi connectivity index (χ3n) is 3.55. The maximum Gasteiger partial charge on any atom is 0.232 e. The van der Waals surface area contributed by atoms with Crippen LogP contribution in [0.1, 0.15) is 17.5 Å². The highest BCUT2D eigenvalue weighted by Gasteiger charge is 2.19. The molecule has 0 atom stereocenters. The van der Waals surface area contributed by atoms with Gasteiger partial charge in [0.05, 0.1) is 34.8 Å². The summed E-state index contributed by atoms with van der Waals surface area (Å²) < 4.78 is 25.2. The molecule has 0 spiro atoms. The molecule has 0 bridgehead atoms. The Balaban J connectivity index is 2.11. The lowest BCUT2D eigenvalue weighted by Gasteiger charge is -2.22. The number of benzene rings is 2. The molecule has 7 nitrogen and oxygen atoms in total. The summed E-state index contributed by atoms with van der Waals surface area (Å²) in [6.45, 7) is -0.0642. The van der Waals surface area contributed by atoms with Crippen LogP contribution in [0.25, 0.3) is 0 Å². The molecule has 26 heavy (non-hydrogen) atoms. The first kappa shape index (κ1) is 19.0. The Morgan fingerprint density at radius 3 is 2.31 bits per heavy atom. The summed E-state index contributed by atoms with van der Waals surface area (Å²) in [4.78, 5) is 12.2. The third-order valence-corrected chi connectivity index (χ3v) is 4.74. The van der Waals surface area contributed by atoms with Crippen molar-refractivity contribution in [2.24, 2.45) is 0 Å². The molecule has 132 valence electrons. The summed E-state index contributed by atoms with van der Waals surface area (Å²) in [5.41, 5.74) is 1.49. The minimum atomic E-state index is -3.60. The van der Waals surface area contributed by atoms with Gasteiger partial charge in [0, 0.05) is 13.0 Å². The molecule has 0 aliphatic carbocycles. The van der Waals surface area contributed by atoms with Crippen molar-refractivity contribution in [3.8, 4) is 12.1 Å². The van der Waals surface area contributed by atoms with Crippen molar-refractivity contribution in [1.82, 2.24) is 0 Å². The zero-order chi connectivity index (χ0) is 19.2. The van der Waals surface area contributed by atoms with Crippen LogP contribution in [0.4, 0.5) is 11.4 Å². The first-order chi connectivity index (χ1) is 12.3. The molecule has 2 rings (SSSR count). The Morgan fingerprint density at radius 2 is 1.73 bits per heavy atom. The molecule has 0 aliphatic heterocycles. The second kappa shape index (κ2) is 8.15. The van der Waals surface area contributed by atoms with Crippen LogP contribution in [-0.2, 0) is 14.8 Å². The van der Waals surface area contributed by atoms with E-state index < -0.39 is 15.9 Å². The number of nitrogens with zero attached hydrogens (tertiary/aromatic N) is 3. The highest BCUT2D eigenvalue weighted by Crippen LogP contribution is 2.19. The maximum atomic E-state index is 12.2. The molecule has 0 radical (unpaired) electrons. The predicted molar refractivity (Wildman–Crippen MR) is 97.8 cm³/mol. The van der Waals surface area contributed by atoms with Gasteiger partial charge in [0.15, 0.2) is 0 Å². The molecule has 0 aliphatic rings. The van der Waals surface area contributed by atoms with Crippen LogP contribution in [0.15, 0.2) is 48.5 Å². The van der Waals surface area contributed by atoms with Gasteiger partial charge in [0.25, 0.3) is 0 Å². The van der Waals surface area contributed by atoms with Gasteiger partial charge < -0.3 is 5.32 Å². The van der Waals surface area contributed by atoms with Gasteiger partial charge in [0.1, 0.15) is 6.07 Å². The number of hydrogen-bond donors (Lipinski definition) is 1. The van der Waals surface area contributed by atoms with Gasteiger partial charge in [0.2, 0.25) is 15.9 Å². The van der Waals surface area contributed by atoms with Gasteiger partial charge in [-0.1, -0.05) is 12.1 Å². The van der Waals surface area contributed by atoms with Gasteiger partial charge in [-0.3, -0.25) is 9.10 Å². The zero-order valence-electron chi connectivity index (χ0n) is 14.0. The highest BCUT2D eigenvalue weighted by molar-refractivity contribution is 7.92. The summed E-state index contributed by atoms with van der Waals surface area (Å²) in [5.74, 6) is -0.407. The number of carbonyl (C=O) groups is 1. The molecule has 1 amide bonds. The molecule has 0 saturated heterocycles. The molecular weight excluding hydrogens is 352 g/mol. The van der Waals surface area contributed by atoms with Crippen LogP contribution in [0, 0.1) is 22.7 Å². The topological polar surface area (TPSA) is 114 Å². The predicted octanol–water partition coefficient (Wildman–Crippen LogP) is 2.22. The second-order valence-electron chi connectivity index (χ2n) is 5.45. The van der Waals surface area contributed by atoms with Crippen molar-refractivity contribution in [1.29, 1.82) is 10.5 Å². The SMILES string of the molecule is CS(=O)(=O)N(CCC(=O)Nc1ccccc1C#N)c1ccc(C#N)cc1. The average Bonchev–Trinajstić information content (AvgIpc) is 2.61. The molecule has 0 heterocycles. The quantitative estimate of drug-likeness (QED) is 0.840. The van der Waals surface area contributed by atoms with E-state index in [9.17, 15) is 13.2 Å². The second-order valence-corrected chi connectivity index (χ2v) is 7.36. The third kappa shape index (κ3) is 4.82. The Hall–Kier alpha value is -3.36. The average molecular weight is 368 g/mol. The summed E-state index contributed by atoms with van der Waals surface area (Å²) in [7, 11) is -3.60. The van der Waals surface area contributed by atoms with Crippen molar-refractivity contribution in [3.05, 3.63) is 59.7 Å². The number of para-hydroxylation sites is 1. The Morgan fingerprint density at radius 1 is 1.08 bits per heavy atom. The molecule has 0 fully saturated rings. The minimum Gasteiger partial charge on any atom is -0.325 e. The number of anilines is 2. The fraction of sp³-hybridized carbons (Fsp3) is 0.167. The van der Waals surface area contributed by atoms with Crippen LogP contribution < -0.4 is 9.62 Å². The van der Waals surface area contributed by atoms with Crippen LogP contribution in [0.2, 0.25) is 0 Å². The number of hydrogen-bond acceptors (Lipinski definition) is 5. The van der Waals surface area contributed by atoms with E-state index >= 15 is 0 Å². The van der Waals surface area contributed by atoms with Crippen molar-refractivity contribution in [2.45, 2.75) is 6.42 Å². The largest absolute Gasteiger partial charge is 0.325 e.